The molecule has 0 fully saturated rings. The molecule has 8 nitrogen and oxygen atoms in total. The lowest BCUT2D eigenvalue weighted by atomic mass is 10.1. The number of nitrogens with zero attached hydrogens (tertiary/aromatic N) is 3. The summed E-state index contributed by atoms with van der Waals surface area (Å²) in [6.45, 7) is 3.70. The van der Waals surface area contributed by atoms with E-state index >= 15 is 0 Å². The van der Waals surface area contributed by atoms with Gasteiger partial charge in [-0.15, -0.1) is 22.7 Å². The Balaban J connectivity index is 1.66. The Bertz CT molecular complexity index is 1360. The molecule has 158 valence electrons. The van der Waals surface area contributed by atoms with Crippen LogP contribution in [0.1, 0.15) is 41.9 Å². The quantitative estimate of drug-likeness (QED) is 0.463. The van der Waals surface area contributed by atoms with Crippen molar-refractivity contribution in [2.45, 2.75) is 20.3 Å². The van der Waals surface area contributed by atoms with Crippen molar-refractivity contribution in [1.29, 1.82) is 0 Å². The van der Waals surface area contributed by atoms with Gasteiger partial charge in [-0.3, -0.25) is 19.3 Å². The predicted molar refractivity (Wildman–Crippen MR) is 119 cm³/mol. The van der Waals surface area contributed by atoms with Gasteiger partial charge in [0.05, 0.1) is 7.11 Å². The van der Waals surface area contributed by atoms with Gasteiger partial charge in [0.1, 0.15) is 5.56 Å². The van der Waals surface area contributed by atoms with Crippen molar-refractivity contribution < 1.29 is 14.3 Å². The number of benzene rings is 1. The van der Waals surface area contributed by atoms with Crippen molar-refractivity contribution >= 4 is 44.6 Å². The fraction of sp³-hybridized carbons (Fsp3) is 0.190. The van der Waals surface area contributed by atoms with Crippen LogP contribution in [0.15, 0.2) is 41.3 Å². The van der Waals surface area contributed by atoms with Crippen LogP contribution in [0.2, 0.25) is 0 Å². The van der Waals surface area contributed by atoms with E-state index in [0.29, 0.717) is 16.3 Å². The number of esters is 1. The molecule has 0 aliphatic carbocycles. The molecule has 0 aliphatic heterocycles. The van der Waals surface area contributed by atoms with Crippen LogP contribution in [0.3, 0.4) is 0 Å². The number of hydrogen-bond donors (Lipinski definition) is 1. The SMILES string of the molecule is COC(=O)c1nc(NC(=O)c2cnc3sc(C)c(C)n3c2=O)sc1Cc1ccccc1. The minimum atomic E-state index is -0.633. The number of rotatable bonds is 5. The number of thiazole rings is 2. The topological polar surface area (TPSA) is 103 Å². The van der Waals surface area contributed by atoms with E-state index in [9.17, 15) is 14.4 Å². The number of nitrogens with one attached hydrogen (secondary N) is 1. The number of carbonyl (C=O) groups excluding carboxylic acids is 2. The van der Waals surface area contributed by atoms with Crippen LogP contribution in [-0.4, -0.2) is 33.4 Å². The van der Waals surface area contributed by atoms with Gasteiger partial charge in [-0.05, 0) is 19.4 Å². The highest BCUT2D eigenvalue weighted by molar-refractivity contribution is 7.17. The molecule has 0 radical (unpaired) electrons. The summed E-state index contributed by atoms with van der Waals surface area (Å²) in [5, 5.41) is 2.83. The van der Waals surface area contributed by atoms with Crippen LogP contribution in [0.5, 0.6) is 0 Å². The molecular formula is C21H18N4O4S2. The summed E-state index contributed by atoms with van der Waals surface area (Å²) < 4.78 is 6.26. The molecule has 1 aromatic carbocycles. The molecule has 31 heavy (non-hydrogen) atoms. The smallest absolute Gasteiger partial charge is 0.357 e. The fourth-order valence-electron chi connectivity index (χ4n) is 3.06. The standard InChI is InChI=1S/C21H18N4O4S2/c1-11-12(2)30-21-22-10-14(18(27)25(11)21)17(26)24-20-23-16(19(28)29-3)15(31-20)9-13-7-5-4-6-8-13/h4-8,10H,9H2,1-3H3,(H,23,24,26). The first-order valence-electron chi connectivity index (χ1n) is 9.30. The number of anilines is 1. The third kappa shape index (κ3) is 3.99. The lowest BCUT2D eigenvalue weighted by Crippen LogP contribution is -2.26. The molecule has 1 amide bonds. The van der Waals surface area contributed by atoms with E-state index in [0.717, 1.165) is 16.1 Å². The Labute approximate surface area is 185 Å². The second kappa shape index (κ2) is 8.40. The summed E-state index contributed by atoms with van der Waals surface area (Å²) in [4.78, 5) is 48.4. The lowest BCUT2D eigenvalue weighted by Gasteiger charge is -2.02. The van der Waals surface area contributed by atoms with Gasteiger partial charge in [0.2, 0.25) is 0 Å². The van der Waals surface area contributed by atoms with Crippen LogP contribution < -0.4 is 10.9 Å². The molecule has 3 aromatic heterocycles. The van der Waals surface area contributed by atoms with Crippen LogP contribution in [0.25, 0.3) is 4.96 Å². The molecule has 0 saturated carbocycles. The highest BCUT2D eigenvalue weighted by atomic mass is 32.1. The molecule has 0 bridgehead atoms. The summed E-state index contributed by atoms with van der Waals surface area (Å²) in [6, 6.07) is 9.59. The molecule has 3 heterocycles. The molecule has 4 rings (SSSR count). The van der Waals surface area contributed by atoms with E-state index in [1.54, 1.807) is 0 Å². The second-order valence-electron chi connectivity index (χ2n) is 6.74. The predicted octanol–water partition coefficient (Wildman–Crippen LogP) is 3.46. The van der Waals surface area contributed by atoms with Gasteiger partial charge in [0, 0.05) is 28.1 Å². The van der Waals surface area contributed by atoms with Gasteiger partial charge in [-0.2, -0.15) is 0 Å². The molecule has 1 N–H and O–H groups in total. The highest BCUT2D eigenvalue weighted by Crippen LogP contribution is 2.27. The van der Waals surface area contributed by atoms with Gasteiger partial charge < -0.3 is 4.74 Å². The van der Waals surface area contributed by atoms with Crippen LogP contribution in [0, 0.1) is 13.8 Å². The molecule has 0 saturated heterocycles. The van der Waals surface area contributed by atoms with Crippen molar-refractivity contribution in [1.82, 2.24) is 14.4 Å². The molecule has 0 unspecified atom stereocenters. The van der Waals surface area contributed by atoms with E-state index in [1.165, 1.54) is 40.4 Å². The number of aryl methyl sites for hydroxylation is 2. The fourth-order valence-corrected chi connectivity index (χ4v) is 4.97. The molecule has 0 aliphatic rings. The maximum Gasteiger partial charge on any atom is 0.357 e. The summed E-state index contributed by atoms with van der Waals surface area (Å²) in [5.74, 6) is -1.22. The van der Waals surface area contributed by atoms with Crippen LogP contribution in [-0.2, 0) is 11.2 Å². The van der Waals surface area contributed by atoms with Gasteiger partial charge >= 0.3 is 5.97 Å². The number of carbonyl (C=O) groups is 2. The summed E-state index contributed by atoms with van der Waals surface area (Å²) in [7, 11) is 1.28. The monoisotopic (exact) mass is 454 g/mol. The lowest BCUT2D eigenvalue weighted by molar-refractivity contribution is 0.0593. The van der Waals surface area contributed by atoms with Crippen LogP contribution in [0.4, 0.5) is 5.13 Å². The zero-order chi connectivity index (χ0) is 22.1. The summed E-state index contributed by atoms with van der Waals surface area (Å²) in [6.07, 6.45) is 1.73. The van der Waals surface area contributed by atoms with E-state index in [-0.39, 0.29) is 16.4 Å². The van der Waals surface area contributed by atoms with Gasteiger partial charge in [-0.25, -0.2) is 14.8 Å². The van der Waals surface area contributed by atoms with Gasteiger partial charge in [-0.1, -0.05) is 30.3 Å². The number of methoxy groups -OCH3 is 1. The first-order chi connectivity index (χ1) is 14.9. The number of amides is 1. The molecule has 0 atom stereocenters. The van der Waals surface area contributed by atoms with Gasteiger partial charge in [0.15, 0.2) is 15.8 Å². The third-order valence-electron chi connectivity index (χ3n) is 4.77. The largest absolute Gasteiger partial charge is 0.464 e. The minimum absolute atomic E-state index is 0.0992. The first kappa shape index (κ1) is 20.9. The number of fused-ring (bicyclic) bond motifs is 1. The zero-order valence-electron chi connectivity index (χ0n) is 17.0. The first-order valence-corrected chi connectivity index (χ1v) is 10.9. The molecule has 4 aromatic rings. The summed E-state index contributed by atoms with van der Waals surface area (Å²) >= 11 is 2.55. The highest BCUT2D eigenvalue weighted by Gasteiger charge is 2.22. The number of hydrogen-bond acceptors (Lipinski definition) is 8. The minimum Gasteiger partial charge on any atom is -0.464 e. The average molecular weight is 455 g/mol. The van der Waals surface area contributed by atoms with E-state index < -0.39 is 17.4 Å². The Kier molecular flexibility index (Phi) is 5.66. The summed E-state index contributed by atoms with van der Waals surface area (Å²) in [5.41, 5.74) is 1.34. The Morgan fingerprint density at radius 2 is 1.90 bits per heavy atom. The zero-order valence-corrected chi connectivity index (χ0v) is 18.6. The molecule has 0 spiro atoms. The number of ether oxygens (including phenoxy) is 1. The Morgan fingerprint density at radius 1 is 1.16 bits per heavy atom. The van der Waals surface area contributed by atoms with Crippen molar-refractivity contribution in [3.8, 4) is 0 Å². The third-order valence-corrected chi connectivity index (χ3v) is 6.81. The maximum absolute atomic E-state index is 12.8. The maximum atomic E-state index is 12.8. The van der Waals surface area contributed by atoms with Crippen molar-refractivity contribution in [3.05, 3.63) is 79.2 Å². The van der Waals surface area contributed by atoms with Gasteiger partial charge in [0.25, 0.3) is 11.5 Å². The Morgan fingerprint density at radius 3 is 2.61 bits per heavy atom. The van der Waals surface area contributed by atoms with E-state index in [2.05, 4.69) is 15.3 Å². The average Bonchev–Trinajstić information content (AvgIpc) is 3.28. The number of aromatic nitrogens is 3. The van der Waals surface area contributed by atoms with Crippen molar-refractivity contribution in [2.24, 2.45) is 0 Å². The molecule has 10 heteroatoms. The van der Waals surface area contributed by atoms with Crippen LogP contribution >= 0.6 is 22.7 Å². The van der Waals surface area contributed by atoms with Crippen molar-refractivity contribution in [2.75, 3.05) is 12.4 Å². The van der Waals surface area contributed by atoms with E-state index in [1.807, 2.05) is 44.2 Å². The normalized spacial score (nSPS) is 10.9. The molecular weight excluding hydrogens is 436 g/mol. The second-order valence-corrected chi connectivity index (χ2v) is 9.00. The Hall–Kier alpha value is -3.37. The van der Waals surface area contributed by atoms with Crippen molar-refractivity contribution in [3.63, 3.8) is 0 Å². The van der Waals surface area contributed by atoms with E-state index in [4.69, 9.17) is 4.74 Å².